The average molecular weight is 248 g/mol. The van der Waals surface area contributed by atoms with Gasteiger partial charge < -0.3 is 0 Å². The molecular formula is C15H20OS. The summed E-state index contributed by atoms with van der Waals surface area (Å²) < 4.78 is 11.6. The van der Waals surface area contributed by atoms with Crippen LogP contribution in [0.4, 0.5) is 0 Å². The quantitative estimate of drug-likeness (QED) is 0.743. The molecule has 1 aliphatic rings. The molecule has 0 fully saturated rings. The van der Waals surface area contributed by atoms with Gasteiger partial charge in [0, 0.05) is 33.3 Å². The number of allylic oxidation sites excluding steroid dienone is 1. The molecule has 0 spiro atoms. The van der Waals surface area contributed by atoms with Crippen LogP contribution in [-0.2, 0) is 21.6 Å². The predicted molar refractivity (Wildman–Crippen MR) is 74.6 cm³/mol. The van der Waals surface area contributed by atoms with Crippen molar-refractivity contribution in [3.63, 3.8) is 0 Å². The highest BCUT2D eigenvalue weighted by molar-refractivity contribution is 7.87. The van der Waals surface area contributed by atoms with Crippen molar-refractivity contribution in [3.8, 4) is 0 Å². The molecular weight excluding hydrogens is 228 g/mol. The zero-order valence-corrected chi connectivity index (χ0v) is 12.0. The number of rotatable bonds is 1. The molecule has 2 rings (SSSR count). The van der Waals surface area contributed by atoms with E-state index in [1.807, 2.05) is 5.41 Å². The Morgan fingerprint density at radius 3 is 1.76 bits per heavy atom. The molecule has 1 nitrogen and oxygen atoms in total. The first-order valence-electron chi connectivity index (χ1n) is 5.93. The predicted octanol–water partition coefficient (Wildman–Crippen LogP) is 3.52. The molecule has 0 bridgehead atoms. The molecule has 0 heterocycles. The maximum Gasteiger partial charge on any atom is 0.0424 e. The highest BCUT2D eigenvalue weighted by atomic mass is 32.2. The fourth-order valence-corrected chi connectivity index (χ4v) is 4.03. The summed E-state index contributed by atoms with van der Waals surface area (Å²) in [6.07, 6.45) is 1.74. The van der Waals surface area contributed by atoms with E-state index in [9.17, 15) is 4.21 Å². The van der Waals surface area contributed by atoms with Gasteiger partial charge in [-0.25, -0.2) is 0 Å². The summed E-state index contributed by atoms with van der Waals surface area (Å²) in [4.78, 5) is 0. The molecule has 0 saturated heterocycles. The fourth-order valence-electron chi connectivity index (χ4n) is 3.11. The van der Waals surface area contributed by atoms with Gasteiger partial charge in [0.15, 0.2) is 0 Å². The van der Waals surface area contributed by atoms with Gasteiger partial charge in [-0.3, -0.25) is 4.21 Å². The van der Waals surface area contributed by atoms with E-state index in [0.717, 1.165) is 0 Å². The third-order valence-electron chi connectivity index (χ3n) is 3.90. The lowest BCUT2D eigenvalue weighted by Crippen LogP contribution is -2.23. The maximum absolute atomic E-state index is 11.6. The first-order chi connectivity index (χ1) is 7.78. The van der Waals surface area contributed by atoms with Gasteiger partial charge >= 0.3 is 0 Å². The Morgan fingerprint density at radius 2 is 1.41 bits per heavy atom. The Morgan fingerprint density at radius 1 is 1.00 bits per heavy atom. The van der Waals surface area contributed by atoms with Gasteiger partial charge in [0.2, 0.25) is 0 Å². The molecule has 0 radical (unpaired) electrons. The lowest BCUT2D eigenvalue weighted by molar-refractivity contribution is 0.551. The monoisotopic (exact) mass is 248 g/mol. The number of hydrogen-bond acceptors (Lipinski definition) is 1. The van der Waals surface area contributed by atoms with Crippen molar-refractivity contribution in [3.05, 3.63) is 46.4 Å². The fraction of sp³-hybridized carbons (Fsp3) is 0.467. The molecule has 1 aliphatic carbocycles. The number of fused-ring (bicyclic) bond motifs is 1. The lowest BCUT2D eigenvalue weighted by Gasteiger charge is -2.28. The van der Waals surface area contributed by atoms with E-state index in [1.165, 1.54) is 16.7 Å². The lowest BCUT2D eigenvalue weighted by atomic mass is 9.77. The summed E-state index contributed by atoms with van der Waals surface area (Å²) in [5, 5.41) is 1.93. The zero-order valence-electron chi connectivity index (χ0n) is 11.2. The van der Waals surface area contributed by atoms with E-state index in [0.29, 0.717) is 0 Å². The molecule has 92 valence electrons. The van der Waals surface area contributed by atoms with Crippen molar-refractivity contribution in [2.45, 2.75) is 38.5 Å². The van der Waals surface area contributed by atoms with Crippen LogP contribution >= 0.6 is 0 Å². The minimum absolute atomic E-state index is 0.0221. The Labute approximate surface area is 106 Å². The average Bonchev–Trinajstić information content (AvgIpc) is 2.38. The van der Waals surface area contributed by atoms with E-state index in [-0.39, 0.29) is 10.8 Å². The third-order valence-corrected chi connectivity index (χ3v) is 4.47. The Hall–Kier alpha value is -0.890. The number of benzene rings is 1. The topological polar surface area (TPSA) is 17.1 Å². The molecule has 2 heteroatoms. The second-order valence-electron chi connectivity index (χ2n) is 5.83. The minimum Gasteiger partial charge on any atom is -0.255 e. The first-order valence-corrected chi connectivity index (χ1v) is 7.55. The minimum atomic E-state index is -0.899. The highest BCUT2D eigenvalue weighted by Crippen LogP contribution is 2.53. The van der Waals surface area contributed by atoms with Crippen molar-refractivity contribution >= 4 is 10.8 Å². The van der Waals surface area contributed by atoms with Crippen LogP contribution in [0.25, 0.3) is 0 Å². The van der Waals surface area contributed by atoms with Crippen LogP contribution in [0.3, 0.4) is 0 Å². The molecule has 1 unspecified atom stereocenters. The summed E-state index contributed by atoms with van der Waals surface area (Å²) in [7, 11) is -0.899. The van der Waals surface area contributed by atoms with Crippen molar-refractivity contribution in [2.24, 2.45) is 0 Å². The van der Waals surface area contributed by atoms with Crippen LogP contribution in [0.5, 0.6) is 0 Å². The first kappa shape index (κ1) is 12.6. The SMILES string of the molecule is CS(=O)C=C1C(C)(C)c2ccccc2C1(C)C. The summed E-state index contributed by atoms with van der Waals surface area (Å²) >= 11 is 0. The molecule has 0 aliphatic heterocycles. The standard InChI is InChI=1S/C15H20OS/c1-14(2)11-8-6-7-9-12(11)15(3,4)13(14)10-17(5)16/h6-10H,1-5H3. The smallest absolute Gasteiger partial charge is 0.0424 e. The normalized spacial score (nSPS) is 22.1. The Balaban J connectivity index is 2.73. The largest absolute Gasteiger partial charge is 0.255 e. The van der Waals surface area contributed by atoms with Gasteiger partial charge in [-0.05, 0) is 16.7 Å². The van der Waals surface area contributed by atoms with Gasteiger partial charge in [-0.1, -0.05) is 52.0 Å². The second kappa shape index (κ2) is 3.81. The summed E-state index contributed by atoms with van der Waals surface area (Å²) in [6, 6.07) is 8.55. The molecule has 1 atom stereocenters. The van der Waals surface area contributed by atoms with Crippen LogP contribution in [0.1, 0.15) is 38.8 Å². The van der Waals surface area contributed by atoms with Crippen molar-refractivity contribution in [1.82, 2.24) is 0 Å². The van der Waals surface area contributed by atoms with E-state index < -0.39 is 10.8 Å². The van der Waals surface area contributed by atoms with Gasteiger partial charge in [0.05, 0.1) is 0 Å². The molecule has 0 saturated carbocycles. The molecule has 1 aromatic carbocycles. The van der Waals surface area contributed by atoms with Gasteiger partial charge in [-0.2, -0.15) is 0 Å². The number of hydrogen-bond donors (Lipinski definition) is 0. The van der Waals surface area contributed by atoms with Crippen LogP contribution < -0.4 is 0 Å². The summed E-state index contributed by atoms with van der Waals surface area (Å²) in [6.45, 7) is 8.89. The van der Waals surface area contributed by atoms with Crippen LogP contribution in [-0.4, -0.2) is 10.5 Å². The Kier molecular flexibility index (Phi) is 2.81. The highest BCUT2D eigenvalue weighted by Gasteiger charge is 2.46. The van der Waals surface area contributed by atoms with Crippen LogP contribution in [0.2, 0.25) is 0 Å². The van der Waals surface area contributed by atoms with Gasteiger partial charge in [0.1, 0.15) is 0 Å². The second-order valence-corrected chi connectivity index (χ2v) is 7.06. The molecule has 1 aromatic rings. The van der Waals surface area contributed by atoms with Gasteiger partial charge in [0.25, 0.3) is 0 Å². The summed E-state index contributed by atoms with van der Waals surface area (Å²) in [5.41, 5.74) is 3.95. The van der Waals surface area contributed by atoms with Crippen molar-refractivity contribution in [2.75, 3.05) is 6.26 Å². The maximum atomic E-state index is 11.6. The van der Waals surface area contributed by atoms with Crippen molar-refractivity contribution in [1.29, 1.82) is 0 Å². The van der Waals surface area contributed by atoms with Crippen LogP contribution in [0.15, 0.2) is 35.2 Å². The van der Waals surface area contributed by atoms with E-state index in [2.05, 4.69) is 52.0 Å². The van der Waals surface area contributed by atoms with Crippen LogP contribution in [0, 0.1) is 0 Å². The van der Waals surface area contributed by atoms with Crippen molar-refractivity contribution < 1.29 is 4.21 Å². The van der Waals surface area contributed by atoms with Gasteiger partial charge in [-0.15, -0.1) is 0 Å². The zero-order chi connectivity index (χ0) is 12.8. The van der Waals surface area contributed by atoms with E-state index in [4.69, 9.17) is 0 Å². The van der Waals surface area contributed by atoms with E-state index >= 15 is 0 Å². The van der Waals surface area contributed by atoms with E-state index in [1.54, 1.807) is 6.26 Å². The third kappa shape index (κ3) is 1.79. The molecule has 0 aromatic heterocycles. The summed E-state index contributed by atoms with van der Waals surface area (Å²) in [5.74, 6) is 0. The molecule has 0 amide bonds. The molecule has 0 N–H and O–H groups in total. The molecule has 17 heavy (non-hydrogen) atoms. The Bertz CT molecular complexity index is 472.